The van der Waals surface area contributed by atoms with Crippen LogP contribution in [0.25, 0.3) is 0 Å². The third-order valence-corrected chi connectivity index (χ3v) is 4.98. The molecule has 2 aromatic heterocycles. The summed E-state index contributed by atoms with van der Waals surface area (Å²) in [5.41, 5.74) is 3.19. The van der Waals surface area contributed by atoms with E-state index in [1.807, 2.05) is 6.07 Å². The molecule has 0 radical (unpaired) electrons. The van der Waals surface area contributed by atoms with E-state index in [0.717, 1.165) is 11.3 Å². The number of fused-ring (bicyclic) bond motifs is 1. The van der Waals surface area contributed by atoms with E-state index in [9.17, 15) is 9.18 Å². The number of nitrogens with one attached hydrogen (secondary N) is 1. The van der Waals surface area contributed by atoms with E-state index in [1.54, 1.807) is 42.6 Å². The van der Waals surface area contributed by atoms with Crippen LogP contribution in [0.15, 0.2) is 53.8 Å². The highest BCUT2D eigenvalue weighted by Gasteiger charge is 2.20. The Bertz CT molecular complexity index is 1050. The summed E-state index contributed by atoms with van der Waals surface area (Å²) in [5.74, 6) is 0.328. The van der Waals surface area contributed by atoms with E-state index < -0.39 is 6.67 Å². The van der Waals surface area contributed by atoms with Crippen LogP contribution in [0.5, 0.6) is 0 Å². The van der Waals surface area contributed by atoms with Gasteiger partial charge in [0.2, 0.25) is 5.16 Å². The van der Waals surface area contributed by atoms with Gasteiger partial charge < -0.3 is 14.8 Å². The first-order valence-electron chi connectivity index (χ1n) is 9.01. The monoisotopic (exact) mass is 411 g/mol. The first-order valence-corrected chi connectivity index (χ1v) is 9.78. The maximum absolute atomic E-state index is 12.8. The summed E-state index contributed by atoms with van der Waals surface area (Å²) in [7, 11) is 0. The third kappa shape index (κ3) is 4.36. The number of carbonyl (C=O) groups is 1. The first-order chi connectivity index (χ1) is 14.2. The smallest absolute Gasteiger partial charge is 0.274 e. The van der Waals surface area contributed by atoms with Crippen LogP contribution in [0.4, 0.5) is 15.9 Å². The largest absolute Gasteiger partial charge is 0.352 e. The minimum Gasteiger partial charge on any atom is -0.352 e. The Morgan fingerprint density at radius 3 is 2.93 bits per heavy atom. The quantitative estimate of drug-likeness (QED) is 0.488. The molecule has 1 aliphatic heterocycles. The van der Waals surface area contributed by atoms with Gasteiger partial charge in [0.25, 0.3) is 5.91 Å². The van der Waals surface area contributed by atoms with Gasteiger partial charge in [-0.2, -0.15) is 0 Å². The number of benzene rings is 1. The third-order valence-electron chi connectivity index (χ3n) is 4.62. The van der Waals surface area contributed by atoms with Crippen LogP contribution in [0, 0.1) is 0 Å². The number of aromatic nitrogens is 3. The Hall–Kier alpha value is -3.04. The van der Waals surface area contributed by atoms with Crippen molar-refractivity contribution >= 4 is 29.5 Å². The van der Waals surface area contributed by atoms with Crippen LogP contribution in [-0.4, -0.2) is 32.0 Å². The van der Waals surface area contributed by atoms with Gasteiger partial charge in [-0.1, -0.05) is 18.2 Å². The van der Waals surface area contributed by atoms with E-state index in [4.69, 9.17) is 4.55 Å². The van der Waals surface area contributed by atoms with Crippen molar-refractivity contribution in [2.24, 2.45) is 0 Å². The topological polar surface area (TPSA) is 91.2 Å². The predicted molar refractivity (Wildman–Crippen MR) is 109 cm³/mol. The molecule has 1 aliphatic rings. The zero-order valence-electron chi connectivity index (χ0n) is 15.4. The van der Waals surface area contributed by atoms with Crippen molar-refractivity contribution in [1.82, 2.24) is 15.0 Å². The zero-order valence-corrected chi connectivity index (χ0v) is 16.2. The fraction of sp³-hybridized carbons (Fsp3) is 0.200. The summed E-state index contributed by atoms with van der Waals surface area (Å²) < 4.78 is 21.9. The zero-order chi connectivity index (χ0) is 20.2. The number of amides is 1. The predicted octanol–water partition coefficient (Wildman–Crippen LogP) is 3.72. The molecule has 0 spiro atoms. The molecular weight excluding hydrogens is 393 g/mol. The van der Waals surface area contributed by atoms with Crippen molar-refractivity contribution < 1.29 is 13.7 Å². The number of alkyl halides is 1. The minimum absolute atomic E-state index is 0.280. The standard InChI is InChI=1S/C20H18FN5O2S/c21-10-13-3-1-4-15(9-13)23-19(27)17-5-2-6-18(24-17)26-8-7-16-14(12-26)11-22-20(25-16)29-28/h1-6,9,11,28H,7-8,10,12H2,(H,23,27). The van der Waals surface area contributed by atoms with Crippen molar-refractivity contribution in [3.63, 3.8) is 0 Å². The lowest BCUT2D eigenvalue weighted by Crippen LogP contribution is -2.32. The maximum atomic E-state index is 12.8. The summed E-state index contributed by atoms with van der Waals surface area (Å²) >= 11 is 0.533. The van der Waals surface area contributed by atoms with E-state index >= 15 is 0 Å². The number of nitrogens with zero attached hydrogens (tertiary/aromatic N) is 4. The molecule has 9 heteroatoms. The molecule has 1 aromatic carbocycles. The molecule has 0 saturated carbocycles. The van der Waals surface area contributed by atoms with Gasteiger partial charge in [0.05, 0.1) is 17.7 Å². The number of rotatable bonds is 5. The molecule has 1 amide bonds. The summed E-state index contributed by atoms with van der Waals surface area (Å²) in [4.78, 5) is 27.6. The highest BCUT2D eigenvalue weighted by atomic mass is 32.2. The minimum atomic E-state index is -0.587. The fourth-order valence-electron chi connectivity index (χ4n) is 3.19. The molecule has 0 atom stereocenters. The van der Waals surface area contributed by atoms with Crippen LogP contribution >= 0.6 is 12.0 Å². The second-order valence-corrected chi connectivity index (χ2v) is 7.10. The summed E-state index contributed by atoms with van der Waals surface area (Å²) in [5, 5.41) is 3.10. The molecule has 0 aliphatic carbocycles. The number of pyridine rings is 1. The van der Waals surface area contributed by atoms with Gasteiger partial charge >= 0.3 is 0 Å². The lowest BCUT2D eigenvalue weighted by atomic mass is 10.1. The number of anilines is 2. The van der Waals surface area contributed by atoms with Crippen LogP contribution in [-0.2, 0) is 19.6 Å². The molecular formula is C20H18FN5O2S. The van der Waals surface area contributed by atoms with Crippen LogP contribution in [0.1, 0.15) is 27.3 Å². The molecule has 0 bridgehead atoms. The van der Waals surface area contributed by atoms with Crippen molar-refractivity contribution in [2.45, 2.75) is 24.8 Å². The maximum Gasteiger partial charge on any atom is 0.274 e. The van der Waals surface area contributed by atoms with Gasteiger partial charge in [0.1, 0.15) is 18.2 Å². The van der Waals surface area contributed by atoms with Crippen molar-refractivity contribution in [3.8, 4) is 0 Å². The van der Waals surface area contributed by atoms with E-state index in [2.05, 4.69) is 25.2 Å². The number of carbonyl (C=O) groups excluding carboxylic acids is 1. The van der Waals surface area contributed by atoms with E-state index in [1.165, 1.54) is 0 Å². The van der Waals surface area contributed by atoms with Crippen molar-refractivity contribution in [3.05, 3.63) is 71.2 Å². The molecule has 29 heavy (non-hydrogen) atoms. The Kier molecular flexibility index (Phi) is 5.68. The van der Waals surface area contributed by atoms with Crippen molar-refractivity contribution in [1.29, 1.82) is 0 Å². The summed E-state index contributed by atoms with van der Waals surface area (Å²) in [6.07, 6.45) is 2.40. The average molecular weight is 411 g/mol. The van der Waals surface area contributed by atoms with Crippen LogP contribution < -0.4 is 10.2 Å². The van der Waals surface area contributed by atoms with Crippen molar-refractivity contribution in [2.75, 3.05) is 16.8 Å². The molecule has 4 rings (SSSR count). The second kappa shape index (κ2) is 8.54. The van der Waals surface area contributed by atoms with Gasteiger partial charge in [-0.05, 0) is 29.8 Å². The molecule has 2 N–H and O–H groups in total. The second-order valence-electron chi connectivity index (χ2n) is 6.56. The highest BCUT2D eigenvalue weighted by Crippen LogP contribution is 2.23. The molecule has 3 aromatic rings. The van der Waals surface area contributed by atoms with E-state index in [-0.39, 0.29) is 11.6 Å². The van der Waals surface area contributed by atoms with E-state index in [0.29, 0.717) is 53.8 Å². The normalized spacial score (nSPS) is 13.1. The van der Waals surface area contributed by atoms with Gasteiger partial charge in [-0.25, -0.2) is 19.3 Å². The first kappa shape index (κ1) is 19.3. The molecule has 0 saturated heterocycles. The molecule has 7 nitrogen and oxygen atoms in total. The van der Waals surface area contributed by atoms with Gasteiger partial charge in [-0.15, -0.1) is 0 Å². The van der Waals surface area contributed by atoms with Gasteiger partial charge in [-0.3, -0.25) is 4.79 Å². The Morgan fingerprint density at radius 1 is 1.24 bits per heavy atom. The summed E-state index contributed by atoms with van der Waals surface area (Å²) in [6.45, 7) is 0.675. The average Bonchev–Trinajstić information content (AvgIpc) is 2.78. The van der Waals surface area contributed by atoms with Crippen LogP contribution in [0.3, 0.4) is 0 Å². The number of halogens is 1. The molecule has 3 heterocycles. The molecule has 0 unspecified atom stereocenters. The SMILES string of the molecule is O=C(Nc1cccc(CF)c1)c1cccc(N2CCc3nc(SO)ncc3C2)n1. The van der Waals surface area contributed by atoms with Gasteiger partial charge in [0, 0.05) is 37.0 Å². The lowest BCUT2D eigenvalue weighted by Gasteiger charge is -2.29. The number of hydrogen-bond acceptors (Lipinski definition) is 7. The molecule has 0 fully saturated rings. The fourth-order valence-corrected chi connectivity index (χ4v) is 3.44. The van der Waals surface area contributed by atoms with Crippen LogP contribution in [0.2, 0.25) is 0 Å². The Balaban J connectivity index is 1.50. The molecule has 148 valence electrons. The Labute approximate surface area is 171 Å². The summed E-state index contributed by atoms with van der Waals surface area (Å²) in [6, 6.07) is 11.9. The van der Waals surface area contributed by atoms with Gasteiger partial charge in [0.15, 0.2) is 0 Å². The lowest BCUT2D eigenvalue weighted by molar-refractivity contribution is 0.102. The highest BCUT2D eigenvalue weighted by molar-refractivity contribution is 7.93. The number of hydrogen-bond donors (Lipinski definition) is 2. The Morgan fingerprint density at radius 2 is 2.10 bits per heavy atom.